The lowest BCUT2D eigenvalue weighted by atomic mass is 11.0. The van der Waals surface area contributed by atoms with Crippen molar-refractivity contribution in [2.45, 2.75) is 4.34 Å². The van der Waals surface area contributed by atoms with Crippen molar-refractivity contribution in [1.29, 1.82) is 0 Å². The van der Waals surface area contributed by atoms with Gasteiger partial charge in [-0.1, -0.05) is 0 Å². The monoisotopic (exact) mass is 195 g/mol. The number of nitrogens with zero attached hydrogens (tertiary/aromatic N) is 1. The van der Waals surface area contributed by atoms with E-state index < -0.39 is 0 Å². The number of halogens is 1. The zero-order valence-corrected chi connectivity index (χ0v) is 6.55. The Morgan fingerprint density at radius 3 is 2.71 bits per heavy atom. The van der Waals surface area contributed by atoms with Gasteiger partial charge in [-0.05, 0) is 15.9 Å². The topological polar surface area (TPSA) is 12.9 Å². The van der Waals surface area contributed by atoms with Gasteiger partial charge in [0.05, 0.1) is 0 Å². The average Bonchev–Trinajstić information content (AvgIpc) is 1.87. The van der Waals surface area contributed by atoms with Gasteiger partial charge in [0, 0.05) is 5.38 Å². The second kappa shape index (κ2) is 2.15. The van der Waals surface area contributed by atoms with Gasteiger partial charge in [-0.25, -0.2) is 4.98 Å². The molecule has 4 heteroatoms. The molecule has 0 unspecified atom stereocenters. The van der Waals surface area contributed by atoms with Crippen LogP contribution in [0.5, 0.6) is 0 Å². The molecule has 0 radical (unpaired) electrons. The summed E-state index contributed by atoms with van der Waals surface area (Å²) in [7, 11) is 0. The van der Waals surface area contributed by atoms with Crippen molar-refractivity contribution in [3.05, 3.63) is 9.98 Å². The molecule has 0 saturated heterocycles. The van der Waals surface area contributed by atoms with Crippen LogP contribution in [-0.4, -0.2) is 4.98 Å². The molecule has 0 fully saturated rings. The molecule has 7 heavy (non-hydrogen) atoms. The maximum absolute atomic E-state index is 3.98. The summed E-state index contributed by atoms with van der Waals surface area (Å²) in [6.07, 6.45) is 0. The molecule has 1 aromatic heterocycles. The molecule has 0 aliphatic heterocycles. The lowest BCUT2D eigenvalue weighted by molar-refractivity contribution is 1.22. The first-order valence-electron chi connectivity index (χ1n) is 1.59. The number of thiazole rings is 1. The van der Waals surface area contributed by atoms with Crippen LogP contribution >= 0.6 is 39.9 Å². The van der Waals surface area contributed by atoms with E-state index in [1.165, 1.54) is 11.3 Å². The quantitative estimate of drug-likeness (QED) is 0.627. The second-order valence-corrected chi connectivity index (χ2v) is 3.35. The van der Waals surface area contributed by atoms with Crippen molar-refractivity contribution < 1.29 is 0 Å². The summed E-state index contributed by atoms with van der Waals surface area (Å²) in [5.74, 6) is 0. The predicted molar refractivity (Wildman–Crippen MR) is 37.1 cm³/mol. The summed E-state index contributed by atoms with van der Waals surface area (Å²) < 4.78 is 1.66. The molecule has 0 aliphatic rings. The van der Waals surface area contributed by atoms with Gasteiger partial charge >= 0.3 is 0 Å². The molecule has 0 spiro atoms. The van der Waals surface area contributed by atoms with Gasteiger partial charge in [0.1, 0.15) is 8.94 Å². The Morgan fingerprint density at radius 1 is 1.86 bits per heavy atom. The minimum atomic E-state index is 0.798. The molecule has 0 aliphatic carbocycles. The third-order valence-electron chi connectivity index (χ3n) is 0.464. The number of aromatic nitrogens is 1. The minimum Gasteiger partial charge on any atom is -0.223 e. The molecule has 38 valence electrons. The molecule has 1 heterocycles. The minimum absolute atomic E-state index is 0.798. The Bertz CT molecular complexity index is 145. The highest BCUT2D eigenvalue weighted by molar-refractivity contribution is 9.10. The second-order valence-electron chi connectivity index (χ2n) is 0.953. The van der Waals surface area contributed by atoms with Gasteiger partial charge in [0.25, 0.3) is 0 Å². The van der Waals surface area contributed by atoms with E-state index in [1.54, 1.807) is 0 Å². The third kappa shape index (κ3) is 1.44. The number of hydrogen-bond acceptors (Lipinski definition) is 3. The Balaban J connectivity index is 3.04. The standard InChI is InChI=1S/C3H2BrNS2/c4-2-1-7-3(6)5-2/h1H,(H,5,6). The molecule has 0 saturated carbocycles. The van der Waals surface area contributed by atoms with Crippen molar-refractivity contribution in [2.24, 2.45) is 0 Å². The first-order chi connectivity index (χ1) is 3.29. The van der Waals surface area contributed by atoms with Gasteiger partial charge in [-0.15, -0.1) is 24.0 Å². The zero-order valence-electron chi connectivity index (χ0n) is 3.26. The maximum Gasteiger partial charge on any atom is 0.148 e. The molecular weight excluding hydrogens is 194 g/mol. The third-order valence-corrected chi connectivity index (χ3v) is 2.23. The van der Waals surface area contributed by atoms with Gasteiger partial charge in [-0.3, -0.25) is 0 Å². The van der Waals surface area contributed by atoms with Crippen LogP contribution in [0.2, 0.25) is 0 Å². The highest BCUT2D eigenvalue weighted by Crippen LogP contribution is 2.16. The van der Waals surface area contributed by atoms with Crippen LogP contribution in [0.3, 0.4) is 0 Å². The Kier molecular flexibility index (Phi) is 1.72. The summed E-state index contributed by atoms with van der Waals surface area (Å²) >= 11 is 8.68. The lowest BCUT2D eigenvalue weighted by Gasteiger charge is -1.68. The fourth-order valence-electron chi connectivity index (χ4n) is 0.245. The summed E-state index contributed by atoms with van der Waals surface area (Å²) in [6.45, 7) is 0. The fraction of sp³-hybridized carbons (Fsp3) is 0. The van der Waals surface area contributed by atoms with E-state index in [-0.39, 0.29) is 0 Å². The molecule has 0 bridgehead atoms. The summed E-state index contributed by atoms with van der Waals surface area (Å²) in [4.78, 5) is 3.91. The van der Waals surface area contributed by atoms with Gasteiger partial charge in [0.2, 0.25) is 0 Å². The highest BCUT2D eigenvalue weighted by atomic mass is 79.9. The summed E-state index contributed by atoms with van der Waals surface area (Å²) in [5, 5.41) is 1.89. The van der Waals surface area contributed by atoms with Crippen LogP contribution in [-0.2, 0) is 0 Å². The Hall–Kier alpha value is 0.460. The molecule has 0 N–H and O–H groups in total. The maximum atomic E-state index is 3.98. The number of rotatable bonds is 0. The largest absolute Gasteiger partial charge is 0.223 e. The van der Waals surface area contributed by atoms with Crippen molar-refractivity contribution >= 4 is 39.9 Å². The van der Waals surface area contributed by atoms with Crippen molar-refractivity contribution in [1.82, 2.24) is 4.98 Å². The average molecular weight is 196 g/mol. The predicted octanol–water partition coefficient (Wildman–Crippen LogP) is 2.19. The summed E-state index contributed by atoms with van der Waals surface area (Å²) in [5.41, 5.74) is 0. The Labute approximate surface area is 59.3 Å². The van der Waals surface area contributed by atoms with E-state index >= 15 is 0 Å². The van der Waals surface area contributed by atoms with E-state index in [1.807, 2.05) is 5.38 Å². The van der Waals surface area contributed by atoms with Crippen LogP contribution in [0.1, 0.15) is 0 Å². The molecule has 0 atom stereocenters. The SMILES string of the molecule is Sc1nc(Br)cs1. The molecular formula is C3H2BrNS2. The van der Waals surface area contributed by atoms with Crippen molar-refractivity contribution in [2.75, 3.05) is 0 Å². The number of hydrogen-bond donors (Lipinski definition) is 1. The van der Waals surface area contributed by atoms with Crippen molar-refractivity contribution in [3.63, 3.8) is 0 Å². The first-order valence-corrected chi connectivity index (χ1v) is 3.71. The smallest absolute Gasteiger partial charge is 0.148 e. The molecule has 0 amide bonds. The van der Waals surface area contributed by atoms with Gasteiger partial charge < -0.3 is 0 Å². The van der Waals surface area contributed by atoms with Crippen molar-refractivity contribution in [3.8, 4) is 0 Å². The van der Waals surface area contributed by atoms with Gasteiger partial charge in [-0.2, -0.15) is 0 Å². The molecule has 0 aromatic carbocycles. The fourth-order valence-corrected chi connectivity index (χ4v) is 1.63. The summed E-state index contributed by atoms with van der Waals surface area (Å²) in [6, 6.07) is 0. The van der Waals surface area contributed by atoms with Crippen LogP contribution in [0.25, 0.3) is 0 Å². The number of thiol groups is 1. The molecule has 1 aromatic rings. The van der Waals surface area contributed by atoms with Crippen LogP contribution in [0, 0.1) is 0 Å². The van der Waals surface area contributed by atoms with E-state index in [2.05, 4.69) is 33.5 Å². The van der Waals surface area contributed by atoms with Crippen LogP contribution in [0.15, 0.2) is 14.3 Å². The lowest BCUT2D eigenvalue weighted by Crippen LogP contribution is -1.56. The molecule has 1 rings (SSSR count). The first kappa shape index (κ1) is 5.59. The van der Waals surface area contributed by atoms with E-state index in [0.717, 1.165) is 8.94 Å². The normalized spacial score (nSPS) is 9.43. The van der Waals surface area contributed by atoms with Crippen LogP contribution < -0.4 is 0 Å². The molecule has 1 nitrogen and oxygen atoms in total. The van der Waals surface area contributed by atoms with E-state index in [4.69, 9.17) is 0 Å². The Morgan fingerprint density at radius 2 is 2.57 bits per heavy atom. The van der Waals surface area contributed by atoms with Gasteiger partial charge in [0.15, 0.2) is 0 Å². The van der Waals surface area contributed by atoms with E-state index in [9.17, 15) is 0 Å². The van der Waals surface area contributed by atoms with E-state index in [0.29, 0.717) is 0 Å². The zero-order chi connectivity index (χ0) is 5.28. The van der Waals surface area contributed by atoms with Crippen LogP contribution in [0.4, 0.5) is 0 Å². The highest BCUT2D eigenvalue weighted by Gasteiger charge is 1.88.